The quantitative estimate of drug-likeness (QED) is 0.390. The standard InChI is InChI=1S/C26H22N2O6/c1-2-31-26(30)17-6-8-19(9-7-17)34-23-15-32-25-20(24(23)29)10-11-22-21(25)14-28(16-33-22)13-18-5-3-4-12-27-18/h3-12,15H,2,13-14,16H2,1H3. The Morgan fingerprint density at radius 2 is 1.97 bits per heavy atom. The first-order valence-electron chi connectivity index (χ1n) is 10.9. The second-order valence-corrected chi connectivity index (χ2v) is 7.78. The Balaban J connectivity index is 1.39. The summed E-state index contributed by atoms with van der Waals surface area (Å²) in [4.78, 5) is 31.4. The number of hydrogen-bond donors (Lipinski definition) is 0. The van der Waals surface area contributed by atoms with Crippen molar-refractivity contribution in [3.8, 4) is 17.2 Å². The summed E-state index contributed by atoms with van der Waals surface area (Å²) in [6.07, 6.45) is 3.07. The molecule has 1 aliphatic heterocycles. The van der Waals surface area contributed by atoms with Gasteiger partial charge in [0, 0.05) is 19.3 Å². The molecule has 0 unspecified atom stereocenters. The van der Waals surface area contributed by atoms with Crippen LogP contribution in [0.25, 0.3) is 11.0 Å². The Morgan fingerprint density at radius 3 is 2.74 bits per heavy atom. The molecule has 0 bridgehead atoms. The van der Waals surface area contributed by atoms with Crippen molar-refractivity contribution >= 4 is 16.9 Å². The largest absolute Gasteiger partial charge is 0.478 e. The van der Waals surface area contributed by atoms with E-state index >= 15 is 0 Å². The molecule has 5 rings (SSSR count). The number of carbonyl (C=O) groups is 1. The highest BCUT2D eigenvalue weighted by Crippen LogP contribution is 2.33. The molecule has 0 saturated heterocycles. The Morgan fingerprint density at radius 1 is 1.12 bits per heavy atom. The minimum atomic E-state index is -0.414. The predicted octanol–water partition coefficient (Wildman–Crippen LogP) is 4.51. The van der Waals surface area contributed by atoms with Gasteiger partial charge in [-0.2, -0.15) is 0 Å². The molecule has 0 amide bonds. The van der Waals surface area contributed by atoms with Gasteiger partial charge in [-0.1, -0.05) is 6.07 Å². The minimum absolute atomic E-state index is 0.0541. The Bertz CT molecular complexity index is 1380. The molecule has 8 nitrogen and oxygen atoms in total. The number of carbonyl (C=O) groups excluding carboxylic acids is 1. The maximum Gasteiger partial charge on any atom is 0.338 e. The predicted molar refractivity (Wildman–Crippen MR) is 124 cm³/mol. The summed E-state index contributed by atoms with van der Waals surface area (Å²) >= 11 is 0. The molecule has 8 heteroatoms. The lowest BCUT2D eigenvalue weighted by molar-refractivity contribution is 0.0526. The van der Waals surface area contributed by atoms with Gasteiger partial charge in [0.05, 0.1) is 28.8 Å². The van der Waals surface area contributed by atoms with Crippen LogP contribution in [0.3, 0.4) is 0 Å². The Kier molecular flexibility index (Phi) is 5.97. The fraction of sp³-hybridized carbons (Fsp3) is 0.192. The van der Waals surface area contributed by atoms with E-state index < -0.39 is 5.97 Å². The van der Waals surface area contributed by atoms with Crippen molar-refractivity contribution in [1.29, 1.82) is 0 Å². The van der Waals surface area contributed by atoms with Gasteiger partial charge in [-0.3, -0.25) is 14.7 Å². The van der Waals surface area contributed by atoms with Gasteiger partial charge in [0.15, 0.2) is 0 Å². The van der Waals surface area contributed by atoms with Crippen molar-refractivity contribution in [3.05, 3.63) is 94.1 Å². The number of ether oxygens (including phenoxy) is 3. The normalized spacial score (nSPS) is 13.2. The Hall–Kier alpha value is -4.17. The molecule has 0 radical (unpaired) electrons. The van der Waals surface area contributed by atoms with Gasteiger partial charge in [0.2, 0.25) is 11.2 Å². The number of aromatic nitrogens is 1. The van der Waals surface area contributed by atoms with Gasteiger partial charge in [-0.05, 0) is 55.5 Å². The third-order valence-corrected chi connectivity index (χ3v) is 5.46. The third-order valence-electron chi connectivity index (χ3n) is 5.46. The smallest absolute Gasteiger partial charge is 0.338 e. The molecule has 1 aliphatic rings. The summed E-state index contributed by atoms with van der Waals surface area (Å²) in [6.45, 7) is 3.63. The lowest BCUT2D eigenvalue weighted by Gasteiger charge is -2.28. The molecule has 0 saturated carbocycles. The molecule has 0 N–H and O–H groups in total. The van der Waals surface area contributed by atoms with E-state index in [0.717, 1.165) is 11.3 Å². The average molecular weight is 458 g/mol. The summed E-state index contributed by atoms with van der Waals surface area (Å²) in [5.74, 6) is 0.737. The highest BCUT2D eigenvalue weighted by Gasteiger charge is 2.23. The molecule has 172 valence electrons. The zero-order valence-electron chi connectivity index (χ0n) is 18.5. The van der Waals surface area contributed by atoms with Gasteiger partial charge in [0.1, 0.15) is 30.1 Å². The van der Waals surface area contributed by atoms with Crippen molar-refractivity contribution in [2.45, 2.75) is 20.0 Å². The molecular formula is C26H22N2O6. The highest BCUT2D eigenvalue weighted by atomic mass is 16.5. The number of fused-ring (bicyclic) bond motifs is 3. The molecule has 0 aliphatic carbocycles. The van der Waals surface area contributed by atoms with E-state index in [0.29, 0.717) is 54.5 Å². The topological polar surface area (TPSA) is 91.1 Å². The molecule has 0 spiro atoms. The Labute approximate surface area is 195 Å². The van der Waals surface area contributed by atoms with Crippen LogP contribution in [0.2, 0.25) is 0 Å². The van der Waals surface area contributed by atoms with Crippen LogP contribution in [0, 0.1) is 0 Å². The number of nitrogens with zero attached hydrogens (tertiary/aromatic N) is 2. The van der Waals surface area contributed by atoms with Gasteiger partial charge in [-0.15, -0.1) is 0 Å². The number of hydrogen-bond acceptors (Lipinski definition) is 8. The summed E-state index contributed by atoms with van der Waals surface area (Å²) < 4.78 is 22.5. The molecule has 34 heavy (non-hydrogen) atoms. The van der Waals surface area contributed by atoms with Gasteiger partial charge in [-0.25, -0.2) is 4.79 Å². The van der Waals surface area contributed by atoms with Crippen LogP contribution in [0.4, 0.5) is 0 Å². The zero-order chi connectivity index (χ0) is 23.5. The van der Waals surface area contributed by atoms with Gasteiger partial charge in [0.25, 0.3) is 0 Å². The minimum Gasteiger partial charge on any atom is -0.478 e. The molecular weight excluding hydrogens is 436 g/mol. The third kappa shape index (κ3) is 4.35. The zero-order valence-corrected chi connectivity index (χ0v) is 18.5. The van der Waals surface area contributed by atoms with Crippen LogP contribution in [0.1, 0.15) is 28.5 Å². The van der Waals surface area contributed by atoms with Crippen LogP contribution < -0.4 is 14.9 Å². The SMILES string of the molecule is CCOC(=O)c1ccc(Oc2coc3c4c(ccc3c2=O)OCN(Cc2ccccn2)C4)cc1. The monoisotopic (exact) mass is 458 g/mol. The maximum atomic E-state index is 13.1. The van der Waals surface area contributed by atoms with E-state index in [2.05, 4.69) is 9.88 Å². The van der Waals surface area contributed by atoms with Crippen molar-refractivity contribution in [2.75, 3.05) is 13.3 Å². The number of rotatable bonds is 6. The number of esters is 1. The molecule has 2 aromatic carbocycles. The molecule has 3 heterocycles. The first-order valence-corrected chi connectivity index (χ1v) is 10.9. The lowest BCUT2D eigenvalue weighted by atomic mass is 10.1. The fourth-order valence-corrected chi connectivity index (χ4v) is 3.83. The number of benzene rings is 2. The molecule has 0 fully saturated rings. The molecule has 0 atom stereocenters. The number of pyridine rings is 1. The van der Waals surface area contributed by atoms with Crippen LogP contribution in [0.5, 0.6) is 17.2 Å². The summed E-state index contributed by atoms with van der Waals surface area (Å²) in [7, 11) is 0. The van der Waals surface area contributed by atoms with Crippen LogP contribution in [-0.4, -0.2) is 29.2 Å². The average Bonchev–Trinajstić information content (AvgIpc) is 2.87. The van der Waals surface area contributed by atoms with Crippen molar-refractivity contribution in [1.82, 2.24) is 9.88 Å². The summed E-state index contributed by atoms with van der Waals surface area (Å²) in [5, 5.41) is 0.405. The van der Waals surface area contributed by atoms with Crippen LogP contribution in [0.15, 0.2) is 76.3 Å². The van der Waals surface area contributed by atoms with E-state index in [1.807, 2.05) is 18.2 Å². The van der Waals surface area contributed by atoms with Crippen LogP contribution >= 0.6 is 0 Å². The maximum absolute atomic E-state index is 13.1. The van der Waals surface area contributed by atoms with Crippen molar-refractivity contribution < 1.29 is 23.4 Å². The highest BCUT2D eigenvalue weighted by molar-refractivity contribution is 5.89. The fourth-order valence-electron chi connectivity index (χ4n) is 3.83. The van der Waals surface area contributed by atoms with E-state index in [1.165, 1.54) is 6.26 Å². The van der Waals surface area contributed by atoms with Crippen LogP contribution in [-0.2, 0) is 17.8 Å². The van der Waals surface area contributed by atoms with Gasteiger partial charge >= 0.3 is 5.97 Å². The molecule has 4 aromatic rings. The van der Waals surface area contributed by atoms with Gasteiger partial charge < -0.3 is 18.6 Å². The second kappa shape index (κ2) is 9.36. The van der Waals surface area contributed by atoms with E-state index in [9.17, 15) is 9.59 Å². The van der Waals surface area contributed by atoms with Crippen molar-refractivity contribution in [2.24, 2.45) is 0 Å². The van der Waals surface area contributed by atoms with E-state index in [4.69, 9.17) is 18.6 Å². The first-order chi connectivity index (χ1) is 16.6. The summed E-state index contributed by atoms with van der Waals surface area (Å²) in [6, 6.07) is 15.6. The van der Waals surface area contributed by atoms with E-state index in [-0.39, 0.29) is 11.2 Å². The summed E-state index contributed by atoms with van der Waals surface area (Å²) in [5.41, 5.74) is 2.32. The molecule has 2 aromatic heterocycles. The lowest BCUT2D eigenvalue weighted by Crippen LogP contribution is -2.32. The van der Waals surface area contributed by atoms with E-state index in [1.54, 1.807) is 49.5 Å². The first kappa shape index (κ1) is 21.7. The second-order valence-electron chi connectivity index (χ2n) is 7.78. The van der Waals surface area contributed by atoms with Crippen molar-refractivity contribution in [3.63, 3.8) is 0 Å².